The molecule has 0 unspecified atom stereocenters. The van der Waals surface area contributed by atoms with Gasteiger partial charge in [-0.3, -0.25) is 14.2 Å². The molecule has 0 aliphatic carbocycles. The van der Waals surface area contributed by atoms with E-state index in [9.17, 15) is 18.8 Å². The van der Waals surface area contributed by atoms with Gasteiger partial charge in [0.05, 0.1) is 6.10 Å². The van der Waals surface area contributed by atoms with Gasteiger partial charge in [-0.25, -0.2) is 13.9 Å². The van der Waals surface area contributed by atoms with Crippen LogP contribution in [-0.4, -0.2) is 56.9 Å². The fourth-order valence-corrected chi connectivity index (χ4v) is 3.58. The van der Waals surface area contributed by atoms with Crippen LogP contribution in [0.1, 0.15) is 29.0 Å². The molecule has 0 bridgehead atoms. The number of ether oxygens (including phenoxy) is 1. The van der Waals surface area contributed by atoms with Gasteiger partial charge < -0.3 is 15.0 Å². The Morgan fingerprint density at radius 2 is 2.10 bits per heavy atom. The van der Waals surface area contributed by atoms with Crippen LogP contribution in [0.2, 0.25) is 0 Å². The Kier molecular flexibility index (Phi) is 5.43. The van der Waals surface area contributed by atoms with Crippen molar-refractivity contribution in [3.63, 3.8) is 0 Å². The number of nitrogens with one attached hydrogen (secondary N) is 1. The lowest BCUT2D eigenvalue weighted by Gasteiger charge is -2.26. The Morgan fingerprint density at radius 3 is 2.86 bits per heavy atom. The van der Waals surface area contributed by atoms with E-state index in [2.05, 4.69) is 10.4 Å². The molecule has 1 saturated heterocycles. The number of benzene rings is 1. The van der Waals surface area contributed by atoms with Gasteiger partial charge in [0.2, 0.25) is 11.7 Å². The van der Waals surface area contributed by atoms with E-state index in [-0.39, 0.29) is 44.0 Å². The Labute approximate surface area is 166 Å². The third kappa shape index (κ3) is 4.07. The van der Waals surface area contributed by atoms with Gasteiger partial charge in [-0.1, -0.05) is 18.2 Å². The molecule has 29 heavy (non-hydrogen) atoms. The third-order valence-corrected chi connectivity index (χ3v) is 5.16. The van der Waals surface area contributed by atoms with E-state index in [0.717, 1.165) is 17.5 Å². The maximum atomic E-state index is 13.9. The van der Waals surface area contributed by atoms with Gasteiger partial charge in [0, 0.05) is 38.3 Å². The van der Waals surface area contributed by atoms with Crippen LogP contribution in [0.3, 0.4) is 0 Å². The van der Waals surface area contributed by atoms with Crippen LogP contribution in [0, 0.1) is 5.82 Å². The topological polar surface area (TPSA) is 98.5 Å². The number of amides is 2. The minimum Gasteiger partial charge on any atom is -0.376 e. The zero-order valence-electron chi connectivity index (χ0n) is 15.8. The van der Waals surface area contributed by atoms with E-state index in [1.165, 1.54) is 15.5 Å². The summed E-state index contributed by atoms with van der Waals surface area (Å²) in [6.45, 7) is 1.40. The first-order chi connectivity index (χ1) is 14.0. The summed E-state index contributed by atoms with van der Waals surface area (Å²) in [4.78, 5) is 38.8. The molecule has 2 aromatic rings. The van der Waals surface area contributed by atoms with Crippen LogP contribution in [0.4, 0.5) is 4.39 Å². The summed E-state index contributed by atoms with van der Waals surface area (Å²) in [5.41, 5.74) is -0.115. The summed E-state index contributed by atoms with van der Waals surface area (Å²) in [5.74, 6) is -1.26. The smallest absolute Gasteiger partial charge is 0.346 e. The first-order valence-corrected chi connectivity index (χ1v) is 9.61. The molecular formula is C19H22FN5O4. The molecule has 1 aromatic carbocycles. The second-order valence-electron chi connectivity index (χ2n) is 7.17. The summed E-state index contributed by atoms with van der Waals surface area (Å²) in [5, 5.41) is 6.79. The summed E-state index contributed by atoms with van der Waals surface area (Å²) in [7, 11) is 0. The molecule has 0 saturated carbocycles. The van der Waals surface area contributed by atoms with Gasteiger partial charge in [-0.05, 0) is 18.9 Å². The maximum absolute atomic E-state index is 13.9. The molecule has 1 fully saturated rings. The number of hydrogen-bond donors (Lipinski definition) is 1. The minimum absolute atomic E-state index is 0.000563. The van der Waals surface area contributed by atoms with Crippen molar-refractivity contribution >= 4 is 11.8 Å². The molecule has 0 spiro atoms. The Morgan fingerprint density at radius 1 is 1.28 bits per heavy atom. The number of carbonyl (C=O) groups excluding carboxylic acids is 2. The van der Waals surface area contributed by atoms with E-state index in [0.29, 0.717) is 18.7 Å². The maximum Gasteiger partial charge on any atom is 0.346 e. The van der Waals surface area contributed by atoms with Crippen LogP contribution in [0.5, 0.6) is 0 Å². The number of rotatable bonds is 6. The average molecular weight is 403 g/mol. The highest BCUT2D eigenvalue weighted by atomic mass is 19.1. The third-order valence-electron chi connectivity index (χ3n) is 5.16. The lowest BCUT2D eigenvalue weighted by molar-refractivity contribution is -0.122. The molecule has 1 atom stereocenters. The lowest BCUT2D eigenvalue weighted by atomic mass is 10.2. The Hall–Kier alpha value is -3.01. The van der Waals surface area contributed by atoms with Gasteiger partial charge >= 0.3 is 5.69 Å². The van der Waals surface area contributed by atoms with Gasteiger partial charge in [-0.15, -0.1) is 5.10 Å². The highest BCUT2D eigenvalue weighted by molar-refractivity contribution is 5.91. The first-order valence-electron chi connectivity index (χ1n) is 9.61. The van der Waals surface area contributed by atoms with E-state index in [4.69, 9.17) is 4.74 Å². The summed E-state index contributed by atoms with van der Waals surface area (Å²) < 4.78 is 21.6. The zero-order chi connectivity index (χ0) is 20.4. The second-order valence-corrected chi connectivity index (χ2v) is 7.17. The Balaban J connectivity index is 1.43. The quantitative estimate of drug-likeness (QED) is 0.740. The van der Waals surface area contributed by atoms with E-state index >= 15 is 0 Å². The monoisotopic (exact) mass is 403 g/mol. The molecule has 9 nitrogen and oxygen atoms in total. The molecule has 0 radical (unpaired) electrons. The Bertz CT molecular complexity index is 979. The summed E-state index contributed by atoms with van der Waals surface area (Å²) in [6, 6.07) is 6.23. The van der Waals surface area contributed by atoms with Crippen LogP contribution in [0.15, 0.2) is 29.1 Å². The fourth-order valence-electron chi connectivity index (χ4n) is 3.58. The highest BCUT2D eigenvalue weighted by Crippen LogP contribution is 2.15. The van der Waals surface area contributed by atoms with Crippen molar-refractivity contribution < 1.29 is 18.7 Å². The van der Waals surface area contributed by atoms with Crippen molar-refractivity contribution in [1.29, 1.82) is 0 Å². The van der Waals surface area contributed by atoms with E-state index < -0.39 is 17.4 Å². The molecule has 2 amide bonds. The van der Waals surface area contributed by atoms with Crippen molar-refractivity contribution in [2.24, 2.45) is 0 Å². The van der Waals surface area contributed by atoms with Crippen LogP contribution in [0.25, 0.3) is 0 Å². The van der Waals surface area contributed by atoms with Gasteiger partial charge in [-0.2, -0.15) is 0 Å². The molecule has 10 heteroatoms. The lowest BCUT2D eigenvalue weighted by Crippen LogP contribution is -2.43. The van der Waals surface area contributed by atoms with Crippen molar-refractivity contribution in [3.8, 4) is 0 Å². The van der Waals surface area contributed by atoms with Crippen LogP contribution < -0.4 is 11.0 Å². The molecule has 2 aliphatic rings. The van der Waals surface area contributed by atoms with Gasteiger partial charge in [0.1, 0.15) is 12.4 Å². The van der Waals surface area contributed by atoms with E-state index in [1.54, 1.807) is 18.2 Å². The number of nitrogens with zero attached hydrogens (tertiary/aromatic N) is 4. The standard InChI is InChI=1S/C19H22FN5O4/c20-15-6-2-1-4-13(15)11-23-7-8-24-17(18(23)27)22-25(19(24)28)12-16(26)21-10-14-5-3-9-29-14/h1-2,4,6,14H,3,5,7-12H2,(H,21,26)/t14-/m1/s1. The predicted molar refractivity (Wildman–Crippen MR) is 99.6 cm³/mol. The molecule has 4 rings (SSSR count). The normalized spacial score (nSPS) is 18.7. The van der Waals surface area contributed by atoms with Crippen LogP contribution >= 0.6 is 0 Å². The second kappa shape index (κ2) is 8.16. The molecule has 1 aromatic heterocycles. The molecular weight excluding hydrogens is 381 g/mol. The number of aromatic nitrogens is 3. The number of fused-ring (bicyclic) bond motifs is 1. The molecule has 3 heterocycles. The molecule has 154 valence electrons. The van der Waals surface area contributed by atoms with Gasteiger partial charge in [0.25, 0.3) is 5.91 Å². The zero-order valence-corrected chi connectivity index (χ0v) is 15.8. The highest BCUT2D eigenvalue weighted by Gasteiger charge is 2.30. The SMILES string of the molecule is O=C(Cn1nc2n(c1=O)CCN(Cc1ccccc1F)C2=O)NC[C@H]1CCCO1. The number of halogens is 1. The minimum atomic E-state index is -0.508. The predicted octanol–water partition coefficient (Wildman–Crippen LogP) is 0.135. The summed E-state index contributed by atoms with van der Waals surface area (Å²) >= 11 is 0. The van der Waals surface area contributed by atoms with Gasteiger partial charge in [0.15, 0.2) is 0 Å². The summed E-state index contributed by atoms with van der Waals surface area (Å²) in [6.07, 6.45) is 1.87. The largest absolute Gasteiger partial charge is 0.376 e. The fraction of sp³-hybridized carbons (Fsp3) is 0.474. The molecule has 1 N–H and O–H groups in total. The van der Waals surface area contributed by atoms with Crippen molar-refractivity contribution in [1.82, 2.24) is 24.6 Å². The van der Waals surface area contributed by atoms with Crippen molar-refractivity contribution in [2.45, 2.75) is 38.6 Å². The number of carbonyl (C=O) groups is 2. The van der Waals surface area contributed by atoms with E-state index in [1.807, 2.05) is 0 Å². The molecule has 2 aliphatic heterocycles. The number of hydrogen-bond acceptors (Lipinski definition) is 5. The van der Waals surface area contributed by atoms with Crippen LogP contribution in [-0.2, 0) is 29.2 Å². The average Bonchev–Trinajstić information content (AvgIpc) is 3.33. The van der Waals surface area contributed by atoms with Crippen molar-refractivity contribution in [2.75, 3.05) is 19.7 Å². The van der Waals surface area contributed by atoms with Crippen molar-refractivity contribution in [3.05, 3.63) is 52.0 Å². The first kappa shape index (κ1) is 19.3.